The topological polar surface area (TPSA) is 69.3 Å². The summed E-state index contributed by atoms with van der Waals surface area (Å²) in [6, 6.07) is 1.95. The lowest BCUT2D eigenvalue weighted by atomic mass is 10.1. The fourth-order valence-electron chi connectivity index (χ4n) is 2.40. The zero-order valence-electron chi connectivity index (χ0n) is 11.7. The largest absolute Gasteiger partial charge is 0.397 e. The number of hydrogen-bond donors (Lipinski definition) is 2. The van der Waals surface area contributed by atoms with E-state index >= 15 is 0 Å². The third-order valence-corrected chi connectivity index (χ3v) is 3.52. The maximum Gasteiger partial charge on any atom is 0.267 e. The first kappa shape index (κ1) is 13.9. The van der Waals surface area contributed by atoms with E-state index in [0.29, 0.717) is 23.8 Å². The molecule has 0 aliphatic carbocycles. The molecule has 1 aromatic heterocycles. The molecule has 1 amide bonds. The van der Waals surface area contributed by atoms with Crippen LogP contribution in [0.4, 0.5) is 5.69 Å². The van der Waals surface area contributed by atoms with Crippen molar-refractivity contribution in [2.75, 3.05) is 25.5 Å². The Labute approximate surface area is 114 Å². The molecule has 1 aliphatic heterocycles. The van der Waals surface area contributed by atoms with Gasteiger partial charge in [-0.25, -0.2) is 0 Å². The van der Waals surface area contributed by atoms with E-state index in [-0.39, 0.29) is 11.9 Å². The Balaban J connectivity index is 1.88. The number of carbonyl (C=O) groups excluding carboxylic acids is 1. The van der Waals surface area contributed by atoms with Gasteiger partial charge >= 0.3 is 0 Å². The number of carbonyl (C=O) groups is 1. The average Bonchev–Trinajstić information content (AvgIpc) is 2.98. The molecule has 1 fully saturated rings. The van der Waals surface area contributed by atoms with Crippen LogP contribution >= 0.6 is 0 Å². The summed E-state index contributed by atoms with van der Waals surface area (Å²) in [5.41, 5.74) is 7.03. The quantitative estimate of drug-likeness (QED) is 0.853. The molecule has 0 spiro atoms. The van der Waals surface area contributed by atoms with Gasteiger partial charge in [0.1, 0.15) is 5.69 Å². The predicted molar refractivity (Wildman–Crippen MR) is 75.1 cm³/mol. The van der Waals surface area contributed by atoms with Crippen molar-refractivity contribution in [1.29, 1.82) is 0 Å². The molecular formula is C14H23N3O2. The van der Waals surface area contributed by atoms with Crippen molar-refractivity contribution < 1.29 is 9.53 Å². The zero-order chi connectivity index (χ0) is 13.8. The monoisotopic (exact) mass is 265 g/mol. The predicted octanol–water partition coefficient (Wildman–Crippen LogP) is 1.81. The van der Waals surface area contributed by atoms with Gasteiger partial charge in [-0.1, -0.05) is 0 Å². The van der Waals surface area contributed by atoms with Crippen LogP contribution in [0, 0.1) is 5.92 Å². The van der Waals surface area contributed by atoms with Gasteiger partial charge in [0, 0.05) is 32.0 Å². The van der Waals surface area contributed by atoms with Gasteiger partial charge in [-0.15, -0.1) is 0 Å². The molecule has 1 aromatic rings. The van der Waals surface area contributed by atoms with E-state index in [9.17, 15) is 4.79 Å². The molecule has 0 bridgehead atoms. The molecule has 19 heavy (non-hydrogen) atoms. The fraction of sp³-hybridized carbons (Fsp3) is 0.643. The minimum atomic E-state index is -0.0516. The van der Waals surface area contributed by atoms with Gasteiger partial charge in [0.2, 0.25) is 0 Å². The highest BCUT2D eigenvalue weighted by atomic mass is 16.5. The standard InChI is InChI=1S/C14H23N3O2/c1-10(2)17-8-12(15)7-13(17)14(18)16-5-3-11-4-6-19-9-11/h7-8,10-11H,3-6,9,15H2,1-2H3,(H,16,18). The Morgan fingerprint density at radius 2 is 2.42 bits per heavy atom. The Morgan fingerprint density at radius 1 is 1.63 bits per heavy atom. The van der Waals surface area contributed by atoms with Crippen molar-refractivity contribution in [3.8, 4) is 0 Å². The Kier molecular flexibility index (Phi) is 4.47. The number of nitrogens with two attached hydrogens (primary N) is 1. The number of ether oxygens (including phenoxy) is 1. The lowest BCUT2D eigenvalue weighted by Gasteiger charge is -2.13. The highest BCUT2D eigenvalue weighted by Crippen LogP contribution is 2.17. The van der Waals surface area contributed by atoms with Crippen LogP contribution in [0.5, 0.6) is 0 Å². The smallest absolute Gasteiger partial charge is 0.267 e. The first-order chi connectivity index (χ1) is 9.08. The molecule has 0 radical (unpaired) electrons. The van der Waals surface area contributed by atoms with E-state index in [2.05, 4.69) is 5.32 Å². The van der Waals surface area contributed by atoms with Gasteiger partial charge in [0.25, 0.3) is 5.91 Å². The van der Waals surface area contributed by atoms with Gasteiger partial charge in [-0.05, 0) is 38.7 Å². The van der Waals surface area contributed by atoms with Crippen molar-refractivity contribution in [1.82, 2.24) is 9.88 Å². The molecule has 2 rings (SSSR count). The number of amides is 1. The molecule has 1 unspecified atom stereocenters. The van der Waals surface area contributed by atoms with Gasteiger partial charge in [-0.3, -0.25) is 4.79 Å². The van der Waals surface area contributed by atoms with Crippen LogP contribution in [0.3, 0.4) is 0 Å². The molecular weight excluding hydrogens is 242 g/mol. The molecule has 1 atom stereocenters. The number of anilines is 1. The first-order valence-electron chi connectivity index (χ1n) is 6.91. The summed E-state index contributed by atoms with van der Waals surface area (Å²) in [7, 11) is 0. The molecule has 1 aliphatic rings. The minimum absolute atomic E-state index is 0.0516. The summed E-state index contributed by atoms with van der Waals surface area (Å²) in [6.45, 7) is 6.44. The van der Waals surface area contributed by atoms with E-state index < -0.39 is 0 Å². The van der Waals surface area contributed by atoms with Gasteiger partial charge in [-0.2, -0.15) is 0 Å². The number of aromatic nitrogens is 1. The lowest BCUT2D eigenvalue weighted by molar-refractivity contribution is 0.0939. The number of hydrogen-bond acceptors (Lipinski definition) is 3. The van der Waals surface area contributed by atoms with Crippen LogP contribution in [0.2, 0.25) is 0 Å². The summed E-state index contributed by atoms with van der Waals surface area (Å²) < 4.78 is 7.23. The summed E-state index contributed by atoms with van der Waals surface area (Å²) >= 11 is 0. The van der Waals surface area contributed by atoms with E-state index in [4.69, 9.17) is 10.5 Å². The lowest BCUT2D eigenvalue weighted by Crippen LogP contribution is -2.28. The Morgan fingerprint density at radius 3 is 3.05 bits per heavy atom. The molecule has 3 N–H and O–H groups in total. The van der Waals surface area contributed by atoms with E-state index in [0.717, 1.165) is 26.1 Å². The summed E-state index contributed by atoms with van der Waals surface area (Å²) in [5, 5.41) is 2.96. The fourth-order valence-corrected chi connectivity index (χ4v) is 2.40. The summed E-state index contributed by atoms with van der Waals surface area (Å²) in [5.74, 6) is 0.534. The van der Waals surface area contributed by atoms with Gasteiger partial charge in [0.05, 0.1) is 5.69 Å². The van der Waals surface area contributed by atoms with E-state index in [1.807, 2.05) is 24.6 Å². The molecule has 5 heteroatoms. The van der Waals surface area contributed by atoms with Crippen LogP contribution in [0.25, 0.3) is 0 Å². The highest BCUT2D eigenvalue weighted by Gasteiger charge is 2.17. The first-order valence-corrected chi connectivity index (χ1v) is 6.91. The van der Waals surface area contributed by atoms with Crippen LogP contribution in [0.15, 0.2) is 12.3 Å². The molecule has 0 aromatic carbocycles. The summed E-state index contributed by atoms with van der Waals surface area (Å²) in [4.78, 5) is 12.1. The third kappa shape index (κ3) is 3.50. The number of nitrogens with zero attached hydrogens (tertiary/aromatic N) is 1. The molecule has 5 nitrogen and oxygen atoms in total. The summed E-state index contributed by atoms with van der Waals surface area (Å²) in [6.07, 6.45) is 3.89. The van der Waals surface area contributed by atoms with Crippen LogP contribution in [0.1, 0.15) is 43.2 Å². The normalized spacial score (nSPS) is 19.0. The second kappa shape index (κ2) is 6.10. The molecule has 2 heterocycles. The molecule has 1 saturated heterocycles. The van der Waals surface area contributed by atoms with Crippen molar-refractivity contribution in [2.24, 2.45) is 5.92 Å². The minimum Gasteiger partial charge on any atom is -0.397 e. The number of nitrogen functional groups attached to an aromatic ring is 1. The van der Waals surface area contributed by atoms with Crippen LogP contribution in [-0.2, 0) is 4.74 Å². The number of rotatable bonds is 5. The van der Waals surface area contributed by atoms with Crippen LogP contribution in [-0.4, -0.2) is 30.2 Å². The van der Waals surface area contributed by atoms with Gasteiger partial charge < -0.3 is 20.4 Å². The van der Waals surface area contributed by atoms with Gasteiger partial charge in [0.15, 0.2) is 0 Å². The second-order valence-electron chi connectivity index (χ2n) is 5.43. The number of nitrogens with one attached hydrogen (secondary N) is 1. The third-order valence-electron chi connectivity index (χ3n) is 3.52. The molecule has 106 valence electrons. The van der Waals surface area contributed by atoms with E-state index in [1.165, 1.54) is 0 Å². The second-order valence-corrected chi connectivity index (χ2v) is 5.43. The van der Waals surface area contributed by atoms with Crippen molar-refractivity contribution in [3.05, 3.63) is 18.0 Å². The van der Waals surface area contributed by atoms with E-state index in [1.54, 1.807) is 6.07 Å². The average molecular weight is 265 g/mol. The molecule has 0 saturated carbocycles. The van der Waals surface area contributed by atoms with Crippen LogP contribution < -0.4 is 11.1 Å². The highest BCUT2D eigenvalue weighted by molar-refractivity contribution is 5.93. The maximum absolute atomic E-state index is 12.1. The SMILES string of the molecule is CC(C)n1cc(N)cc1C(=O)NCCC1CCOC1. The Bertz CT molecular complexity index is 434. The Hall–Kier alpha value is -1.49. The van der Waals surface area contributed by atoms with Crippen molar-refractivity contribution in [2.45, 2.75) is 32.7 Å². The maximum atomic E-state index is 12.1. The zero-order valence-corrected chi connectivity index (χ0v) is 11.7. The van der Waals surface area contributed by atoms with Crippen molar-refractivity contribution >= 4 is 11.6 Å². The van der Waals surface area contributed by atoms with Crippen molar-refractivity contribution in [3.63, 3.8) is 0 Å².